The number of halogens is 3. The Balaban J connectivity index is 1.92. The van der Waals surface area contributed by atoms with E-state index < -0.39 is 12.3 Å². The number of amides is 1. The van der Waals surface area contributed by atoms with Crippen molar-refractivity contribution in [3.63, 3.8) is 0 Å². The van der Waals surface area contributed by atoms with E-state index in [0.717, 1.165) is 12.1 Å². The number of ether oxygens (including phenoxy) is 1. The summed E-state index contributed by atoms with van der Waals surface area (Å²) in [6, 6.07) is 6.58. The Labute approximate surface area is 129 Å². The molecule has 0 atom stereocenters. The Morgan fingerprint density at radius 2 is 1.87 bits per heavy atom. The van der Waals surface area contributed by atoms with Gasteiger partial charge >= 0.3 is 6.36 Å². The molecule has 0 fully saturated rings. The Morgan fingerprint density at radius 1 is 1.22 bits per heavy atom. The molecule has 0 bridgehead atoms. The van der Waals surface area contributed by atoms with Gasteiger partial charge in [-0.1, -0.05) is 12.1 Å². The summed E-state index contributed by atoms with van der Waals surface area (Å²) in [5, 5.41) is 2.59. The van der Waals surface area contributed by atoms with Crippen LogP contribution in [0.15, 0.2) is 36.5 Å². The van der Waals surface area contributed by atoms with Crippen molar-refractivity contribution in [2.24, 2.45) is 0 Å². The lowest BCUT2D eigenvalue weighted by Gasteiger charge is -2.09. The standard InChI is InChI=1S/C15H13F3N2O3/c1-9(21)11-6-13(19-8-11)14(22)20-7-10-2-4-12(5-3-10)23-15(16,17)18/h2-6,8,19H,7H2,1H3,(H,20,22). The van der Waals surface area contributed by atoms with E-state index in [1.165, 1.54) is 31.3 Å². The van der Waals surface area contributed by atoms with Gasteiger partial charge in [0, 0.05) is 18.3 Å². The molecule has 0 aliphatic carbocycles. The Kier molecular flexibility index (Phi) is 4.73. The number of carbonyl (C=O) groups is 2. The number of rotatable bonds is 5. The van der Waals surface area contributed by atoms with Crippen LogP contribution >= 0.6 is 0 Å². The number of hydrogen-bond acceptors (Lipinski definition) is 3. The van der Waals surface area contributed by atoms with Crippen molar-refractivity contribution in [3.05, 3.63) is 53.3 Å². The minimum atomic E-state index is -4.74. The molecule has 0 saturated carbocycles. The van der Waals surface area contributed by atoms with Crippen LogP contribution in [0.3, 0.4) is 0 Å². The maximum Gasteiger partial charge on any atom is 0.573 e. The number of H-pyrrole nitrogens is 1. The highest BCUT2D eigenvalue weighted by Crippen LogP contribution is 2.22. The highest BCUT2D eigenvalue weighted by Gasteiger charge is 2.30. The SMILES string of the molecule is CC(=O)c1c[nH]c(C(=O)NCc2ccc(OC(F)(F)F)cc2)c1. The predicted molar refractivity (Wildman–Crippen MR) is 75.1 cm³/mol. The second-order valence-electron chi connectivity index (χ2n) is 4.73. The van der Waals surface area contributed by atoms with E-state index in [0.29, 0.717) is 11.1 Å². The average Bonchev–Trinajstić information content (AvgIpc) is 2.94. The van der Waals surface area contributed by atoms with Gasteiger partial charge in [0.15, 0.2) is 5.78 Å². The predicted octanol–water partition coefficient (Wildman–Crippen LogP) is 3.05. The highest BCUT2D eigenvalue weighted by atomic mass is 19.4. The van der Waals surface area contributed by atoms with E-state index in [9.17, 15) is 22.8 Å². The first-order chi connectivity index (χ1) is 10.7. The highest BCUT2D eigenvalue weighted by molar-refractivity contribution is 5.99. The summed E-state index contributed by atoms with van der Waals surface area (Å²) in [6.45, 7) is 1.51. The van der Waals surface area contributed by atoms with Gasteiger partial charge in [0.25, 0.3) is 5.91 Å². The van der Waals surface area contributed by atoms with Crippen LogP contribution in [0.5, 0.6) is 5.75 Å². The molecule has 0 saturated heterocycles. The topological polar surface area (TPSA) is 71.2 Å². The third kappa shape index (κ3) is 4.87. The number of Topliss-reactive ketones (excluding diaryl/α,β-unsaturated/α-hetero) is 1. The van der Waals surface area contributed by atoms with Gasteiger partial charge in [-0.25, -0.2) is 0 Å². The minimum Gasteiger partial charge on any atom is -0.406 e. The maximum atomic E-state index is 12.0. The van der Waals surface area contributed by atoms with Crippen molar-refractivity contribution in [1.82, 2.24) is 10.3 Å². The monoisotopic (exact) mass is 326 g/mol. The first kappa shape index (κ1) is 16.6. The van der Waals surface area contributed by atoms with Crippen LogP contribution in [0, 0.1) is 0 Å². The summed E-state index contributed by atoms with van der Waals surface area (Å²) in [6.07, 6.45) is -3.31. The van der Waals surface area contributed by atoms with Gasteiger partial charge in [-0.05, 0) is 30.7 Å². The summed E-state index contributed by atoms with van der Waals surface area (Å²) in [7, 11) is 0. The zero-order chi connectivity index (χ0) is 17.0. The van der Waals surface area contributed by atoms with Crippen molar-refractivity contribution in [2.45, 2.75) is 19.8 Å². The molecule has 8 heteroatoms. The van der Waals surface area contributed by atoms with E-state index in [1.807, 2.05) is 0 Å². The molecule has 0 spiro atoms. The van der Waals surface area contributed by atoms with Crippen molar-refractivity contribution in [2.75, 3.05) is 0 Å². The van der Waals surface area contributed by atoms with E-state index in [4.69, 9.17) is 0 Å². The molecule has 2 rings (SSSR count). The fraction of sp³-hybridized carbons (Fsp3) is 0.200. The van der Waals surface area contributed by atoms with Crippen LogP contribution < -0.4 is 10.1 Å². The van der Waals surface area contributed by atoms with Gasteiger partial charge in [0.05, 0.1) is 0 Å². The normalized spacial score (nSPS) is 11.1. The molecule has 0 aliphatic rings. The summed E-state index contributed by atoms with van der Waals surface area (Å²) >= 11 is 0. The van der Waals surface area contributed by atoms with Crippen LogP contribution in [0.25, 0.3) is 0 Å². The molecule has 1 aromatic heterocycles. The Bertz CT molecular complexity index is 706. The van der Waals surface area contributed by atoms with Crippen LogP contribution in [0.4, 0.5) is 13.2 Å². The van der Waals surface area contributed by atoms with Crippen LogP contribution in [-0.2, 0) is 6.54 Å². The molecule has 5 nitrogen and oxygen atoms in total. The Morgan fingerprint density at radius 3 is 2.39 bits per heavy atom. The zero-order valence-electron chi connectivity index (χ0n) is 12.0. The molecule has 1 amide bonds. The summed E-state index contributed by atoms with van der Waals surface area (Å²) in [5.74, 6) is -0.920. The minimum absolute atomic E-state index is 0.125. The van der Waals surface area contributed by atoms with E-state index in [2.05, 4.69) is 15.0 Å². The summed E-state index contributed by atoms with van der Waals surface area (Å²) in [5.41, 5.74) is 1.22. The molecular weight excluding hydrogens is 313 g/mol. The quantitative estimate of drug-likeness (QED) is 0.830. The molecule has 2 N–H and O–H groups in total. The third-order valence-electron chi connectivity index (χ3n) is 2.94. The van der Waals surface area contributed by atoms with Gasteiger partial charge in [0.2, 0.25) is 0 Å². The number of carbonyl (C=O) groups excluding carboxylic acids is 2. The molecule has 2 aromatic rings. The smallest absolute Gasteiger partial charge is 0.406 e. The molecule has 0 aliphatic heterocycles. The summed E-state index contributed by atoms with van der Waals surface area (Å²) in [4.78, 5) is 25.7. The average molecular weight is 326 g/mol. The molecule has 23 heavy (non-hydrogen) atoms. The van der Waals surface area contributed by atoms with Crippen molar-refractivity contribution in [3.8, 4) is 5.75 Å². The van der Waals surface area contributed by atoms with Gasteiger partial charge < -0.3 is 15.0 Å². The summed E-state index contributed by atoms with van der Waals surface area (Å²) < 4.78 is 39.9. The van der Waals surface area contributed by atoms with Gasteiger partial charge in [-0.15, -0.1) is 13.2 Å². The zero-order valence-corrected chi connectivity index (χ0v) is 12.0. The fourth-order valence-corrected chi connectivity index (χ4v) is 1.82. The van der Waals surface area contributed by atoms with E-state index in [-0.39, 0.29) is 23.8 Å². The number of hydrogen-bond donors (Lipinski definition) is 2. The number of benzene rings is 1. The van der Waals surface area contributed by atoms with Crippen molar-refractivity contribution in [1.29, 1.82) is 0 Å². The van der Waals surface area contributed by atoms with Crippen molar-refractivity contribution >= 4 is 11.7 Å². The van der Waals surface area contributed by atoms with Gasteiger partial charge in [-0.2, -0.15) is 0 Å². The van der Waals surface area contributed by atoms with Gasteiger partial charge in [0.1, 0.15) is 11.4 Å². The molecule has 0 radical (unpaired) electrons. The second-order valence-corrected chi connectivity index (χ2v) is 4.73. The molecule has 1 heterocycles. The fourth-order valence-electron chi connectivity index (χ4n) is 1.82. The lowest BCUT2D eigenvalue weighted by atomic mass is 10.2. The van der Waals surface area contributed by atoms with Crippen LogP contribution in [0.2, 0.25) is 0 Å². The lowest BCUT2D eigenvalue weighted by Crippen LogP contribution is -2.23. The number of ketones is 1. The molecule has 0 unspecified atom stereocenters. The van der Waals surface area contributed by atoms with E-state index in [1.54, 1.807) is 0 Å². The first-order valence-electron chi connectivity index (χ1n) is 6.57. The third-order valence-corrected chi connectivity index (χ3v) is 2.94. The number of alkyl halides is 3. The van der Waals surface area contributed by atoms with Crippen LogP contribution in [-0.4, -0.2) is 23.0 Å². The van der Waals surface area contributed by atoms with Gasteiger partial charge in [-0.3, -0.25) is 9.59 Å². The number of aromatic amines is 1. The largest absolute Gasteiger partial charge is 0.573 e. The molecule has 1 aromatic carbocycles. The number of aromatic nitrogens is 1. The maximum absolute atomic E-state index is 12.0. The first-order valence-corrected chi connectivity index (χ1v) is 6.57. The van der Waals surface area contributed by atoms with Crippen molar-refractivity contribution < 1.29 is 27.5 Å². The molecular formula is C15H13F3N2O3. The Hall–Kier alpha value is -2.77. The molecule has 122 valence electrons. The lowest BCUT2D eigenvalue weighted by molar-refractivity contribution is -0.274. The second kappa shape index (κ2) is 6.55. The number of nitrogens with one attached hydrogen (secondary N) is 2. The van der Waals surface area contributed by atoms with Crippen LogP contribution in [0.1, 0.15) is 33.3 Å². The van der Waals surface area contributed by atoms with E-state index >= 15 is 0 Å².